The molecule has 0 saturated heterocycles. The first kappa shape index (κ1) is 13.6. The molecule has 0 radical (unpaired) electrons. The zero-order valence-corrected chi connectivity index (χ0v) is 11.6. The number of anilines is 1. The number of rotatable bonds is 3. The van der Waals surface area contributed by atoms with Gasteiger partial charge in [0.2, 0.25) is 5.91 Å². The summed E-state index contributed by atoms with van der Waals surface area (Å²) in [6.45, 7) is 0. The molecule has 0 unspecified atom stereocenters. The highest BCUT2D eigenvalue weighted by Crippen LogP contribution is 2.13. The van der Waals surface area contributed by atoms with Crippen LogP contribution in [0.3, 0.4) is 0 Å². The third-order valence-electron chi connectivity index (χ3n) is 2.93. The summed E-state index contributed by atoms with van der Waals surface area (Å²) >= 11 is 5.90. The van der Waals surface area contributed by atoms with Crippen molar-refractivity contribution in [2.45, 2.75) is 6.42 Å². The van der Waals surface area contributed by atoms with Crippen LogP contribution < -0.4 is 5.32 Å². The highest BCUT2D eigenvalue weighted by Gasteiger charge is 2.08. The number of hydrogen-bond acceptors (Lipinski definition) is 2. The lowest BCUT2D eigenvalue weighted by molar-refractivity contribution is -0.115. The van der Waals surface area contributed by atoms with Gasteiger partial charge in [-0.15, -0.1) is 0 Å². The third-order valence-corrected chi connectivity index (χ3v) is 3.16. The molecule has 2 aromatic heterocycles. The van der Waals surface area contributed by atoms with Crippen molar-refractivity contribution >= 4 is 28.8 Å². The lowest BCUT2D eigenvalue weighted by Crippen LogP contribution is -2.14. The van der Waals surface area contributed by atoms with E-state index < -0.39 is 0 Å². The van der Waals surface area contributed by atoms with Crippen molar-refractivity contribution in [3.63, 3.8) is 0 Å². The Hall–Kier alpha value is -2.40. The molecule has 0 spiro atoms. The number of aromatic nitrogens is 2. The lowest BCUT2D eigenvalue weighted by atomic mass is 10.2. The van der Waals surface area contributed by atoms with E-state index in [9.17, 15) is 9.18 Å². The molecule has 0 bridgehead atoms. The van der Waals surface area contributed by atoms with E-state index in [-0.39, 0.29) is 18.1 Å². The van der Waals surface area contributed by atoms with Crippen LogP contribution >= 0.6 is 11.6 Å². The number of carbonyl (C=O) groups is 1. The lowest BCUT2D eigenvalue weighted by Gasteiger charge is -2.03. The standard InChI is InChI=1S/C15H11ClFN3O/c16-10-1-6-14-18-13(9-20(14)8-10)7-15(21)19-12-4-2-11(17)3-5-12/h1-6,8-9H,7H2,(H,19,21). The highest BCUT2D eigenvalue weighted by atomic mass is 35.5. The molecule has 1 aromatic carbocycles. The number of nitrogens with one attached hydrogen (secondary N) is 1. The van der Waals surface area contributed by atoms with E-state index in [4.69, 9.17) is 11.6 Å². The largest absolute Gasteiger partial charge is 0.326 e. The van der Waals surface area contributed by atoms with Gasteiger partial charge >= 0.3 is 0 Å². The summed E-state index contributed by atoms with van der Waals surface area (Å²) in [5.74, 6) is -0.554. The summed E-state index contributed by atoms with van der Waals surface area (Å²) in [6, 6.07) is 9.13. The van der Waals surface area contributed by atoms with Gasteiger partial charge in [0, 0.05) is 18.1 Å². The zero-order chi connectivity index (χ0) is 14.8. The average molecular weight is 304 g/mol. The molecule has 1 amide bonds. The van der Waals surface area contributed by atoms with Crippen LogP contribution in [0, 0.1) is 5.82 Å². The molecule has 4 nitrogen and oxygen atoms in total. The van der Waals surface area contributed by atoms with Gasteiger partial charge in [0.25, 0.3) is 0 Å². The summed E-state index contributed by atoms with van der Waals surface area (Å²) in [6.07, 6.45) is 3.62. The summed E-state index contributed by atoms with van der Waals surface area (Å²) in [5, 5.41) is 3.29. The van der Waals surface area contributed by atoms with Crippen molar-refractivity contribution in [2.24, 2.45) is 0 Å². The predicted octanol–water partition coefficient (Wildman–Crippen LogP) is 3.31. The summed E-state index contributed by atoms with van der Waals surface area (Å²) in [7, 11) is 0. The minimum absolute atomic E-state index is 0.136. The van der Waals surface area contributed by atoms with Crippen molar-refractivity contribution in [3.8, 4) is 0 Å². The van der Waals surface area contributed by atoms with Gasteiger partial charge in [0.1, 0.15) is 11.5 Å². The van der Waals surface area contributed by atoms with Crippen molar-refractivity contribution in [2.75, 3.05) is 5.32 Å². The second-order valence-electron chi connectivity index (χ2n) is 4.58. The van der Waals surface area contributed by atoms with Crippen LogP contribution in [-0.2, 0) is 11.2 Å². The Morgan fingerprint density at radius 2 is 1.95 bits per heavy atom. The van der Waals surface area contributed by atoms with Crippen molar-refractivity contribution < 1.29 is 9.18 Å². The van der Waals surface area contributed by atoms with Gasteiger partial charge in [-0.05, 0) is 36.4 Å². The SMILES string of the molecule is O=C(Cc1cn2cc(Cl)ccc2n1)Nc1ccc(F)cc1. The average Bonchev–Trinajstić information content (AvgIpc) is 2.82. The number of benzene rings is 1. The Balaban J connectivity index is 1.72. The number of fused-ring (bicyclic) bond motifs is 1. The third kappa shape index (κ3) is 3.20. The Bertz CT molecular complexity index is 798. The molecule has 0 saturated carbocycles. The number of nitrogens with zero attached hydrogens (tertiary/aromatic N) is 2. The van der Waals surface area contributed by atoms with Gasteiger partial charge in [-0.1, -0.05) is 11.6 Å². The Kier molecular flexibility index (Phi) is 3.58. The maximum absolute atomic E-state index is 12.8. The van der Waals surface area contributed by atoms with E-state index in [1.54, 1.807) is 28.9 Å². The summed E-state index contributed by atoms with van der Waals surface area (Å²) in [5.41, 5.74) is 1.91. The molecule has 0 aliphatic rings. The fourth-order valence-electron chi connectivity index (χ4n) is 2.01. The molecule has 0 fully saturated rings. The van der Waals surface area contributed by atoms with Gasteiger partial charge in [-0.2, -0.15) is 0 Å². The number of halogens is 2. The summed E-state index contributed by atoms with van der Waals surface area (Å²) in [4.78, 5) is 16.3. The zero-order valence-electron chi connectivity index (χ0n) is 10.9. The molecule has 21 heavy (non-hydrogen) atoms. The predicted molar refractivity (Wildman–Crippen MR) is 78.9 cm³/mol. The second kappa shape index (κ2) is 5.54. The fourth-order valence-corrected chi connectivity index (χ4v) is 2.17. The number of pyridine rings is 1. The molecule has 0 atom stereocenters. The van der Waals surface area contributed by atoms with Crippen LogP contribution in [0.5, 0.6) is 0 Å². The normalized spacial score (nSPS) is 10.8. The summed E-state index contributed by atoms with van der Waals surface area (Å²) < 4.78 is 14.6. The molecular weight excluding hydrogens is 293 g/mol. The van der Waals surface area contributed by atoms with Crippen molar-refractivity contribution in [1.29, 1.82) is 0 Å². The topological polar surface area (TPSA) is 46.4 Å². The molecule has 2 heterocycles. The maximum Gasteiger partial charge on any atom is 0.230 e. The maximum atomic E-state index is 12.8. The highest BCUT2D eigenvalue weighted by molar-refractivity contribution is 6.30. The Labute approximate surface area is 125 Å². The van der Waals surface area contributed by atoms with Crippen molar-refractivity contribution in [3.05, 3.63) is 65.3 Å². The van der Waals surface area contributed by atoms with E-state index in [0.29, 0.717) is 16.4 Å². The van der Waals surface area contributed by atoms with E-state index >= 15 is 0 Å². The minimum atomic E-state index is -0.342. The molecular formula is C15H11ClFN3O. The number of amides is 1. The van der Waals surface area contributed by atoms with Gasteiger partial charge in [0.05, 0.1) is 17.1 Å². The van der Waals surface area contributed by atoms with Crippen LogP contribution in [0.2, 0.25) is 5.02 Å². The number of carbonyl (C=O) groups excluding carboxylic acids is 1. The fraction of sp³-hybridized carbons (Fsp3) is 0.0667. The monoisotopic (exact) mass is 303 g/mol. The van der Waals surface area contributed by atoms with E-state index in [2.05, 4.69) is 10.3 Å². The van der Waals surface area contributed by atoms with E-state index in [1.807, 2.05) is 0 Å². The van der Waals surface area contributed by atoms with Crippen LogP contribution in [0.4, 0.5) is 10.1 Å². The first-order chi connectivity index (χ1) is 10.1. The van der Waals surface area contributed by atoms with Crippen LogP contribution in [0.25, 0.3) is 5.65 Å². The number of imidazole rings is 1. The van der Waals surface area contributed by atoms with Crippen molar-refractivity contribution in [1.82, 2.24) is 9.38 Å². The Morgan fingerprint density at radius 3 is 2.71 bits per heavy atom. The number of hydrogen-bond donors (Lipinski definition) is 1. The molecule has 106 valence electrons. The minimum Gasteiger partial charge on any atom is -0.326 e. The van der Waals surface area contributed by atoms with Gasteiger partial charge in [0.15, 0.2) is 0 Å². The van der Waals surface area contributed by atoms with Crippen LogP contribution in [0.15, 0.2) is 48.8 Å². The molecule has 0 aliphatic carbocycles. The van der Waals surface area contributed by atoms with E-state index in [1.165, 1.54) is 24.3 Å². The smallest absolute Gasteiger partial charge is 0.230 e. The molecule has 0 aliphatic heterocycles. The van der Waals surface area contributed by atoms with Crippen LogP contribution in [0.1, 0.15) is 5.69 Å². The second-order valence-corrected chi connectivity index (χ2v) is 5.01. The Morgan fingerprint density at radius 1 is 1.19 bits per heavy atom. The quantitative estimate of drug-likeness (QED) is 0.807. The molecule has 6 heteroatoms. The van der Waals surface area contributed by atoms with Crippen LogP contribution in [-0.4, -0.2) is 15.3 Å². The molecule has 3 aromatic rings. The first-order valence-electron chi connectivity index (χ1n) is 6.29. The molecule has 1 N–H and O–H groups in total. The first-order valence-corrected chi connectivity index (χ1v) is 6.66. The van der Waals surface area contributed by atoms with Gasteiger partial charge < -0.3 is 9.72 Å². The van der Waals surface area contributed by atoms with E-state index in [0.717, 1.165) is 5.65 Å². The van der Waals surface area contributed by atoms with Gasteiger partial charge in [-0.25, -0.2) is 9.37 Å². The molecule has 3 rings (SSSR count). The van der Waals surface area contributed by atoms with Gasteiger partial charge in [-0.3, -0.25) is 4.79 Å².